The standard InChI is InChI=1S/C17H26.C3H3N/c1-4-5-6-7-8-9-12-16-13-10-11-14-17(16)15(2)3;1-2-3-4/h10-11,13-14H,2,4-9,12H2,1,3H3;2H,1H2. The van der Waals surface area contributed by atoms with Crippen LogP contribution in [-0.4, -0.2) is 0 Å². The largest absolute Gasteiger partial charge is 0.193 e. The minimum absolute atomic E-state index is 1.18. The first-order valence-electron chi connectivity index (χ1n) is 7.91. The first-order chi connectivity index (χ1) is 10.2. The molecule has 1 aromatic carbocycles. The maximum Gasteiger partial charge on any atom is 0.0905 e. The zero-order valence-corrected chi connectivity index (χ0v) is 13.7. The molecule has 0 N–H and O–H groups in total. The van der Waals surface area contributed by atoms with E-state index in [0.717, 1.165) is 0 Å². The van der Waals surface area contributed by atoms with Crippen molar-refractivity contribution in [1.82, 2.24) is 0 Å². The van der Waals surface area contributed by atoms with Crippen LogP contribution < -0.4 is 0 Å². The van der Waals surface area contributed by atoms with Crippen molar-refractivity contribution in [3.63, 3.8) is 0 Å². The molecule has 1 nitrogen and oxygen atoms in total. The van der Waals surface area contributed by atoms with E-state index in [1.807, 2.05) is 0 Å². The number of unbranched alkanes of at least 4 members (excludes halogenated alkanes) is 5. The molecule has 1 rings (SSSR count). The number of aryl methyl sites for hydroxylation is 1. The van der Waals surface area contributed by atoms with E-state index in [0.29, 0.717) is 0 Å². The van der Waals surface area contributed by atoms with Gasteiger partial charge in [-0.2, -0.15) is 5.26 Å². The van der Waals surface area contributed by atoms with Gasteiger partial charge in [-0.1, -0.05) is 82.0 Å². The average molecular weight is 283 g/mol. The van der Waals surface area contributed by atoms with Crippen LogP contribution in [0, 0.1) is 11.3 Å². The zero-order valence-electron chi connectivity index (χ0n) is 13.7. The number of hydrogen-bond donors (Lipinski definition) is 0. The normalized spacial score (nSPS) is 9.19. The van der Waals surface area contributed by atoms with Crippen LogP contribution >= 0.6 is 0 Å². The van der Waals surface area contributed by atoms with Gasteiger partial charge in [0.25, 0.3) is 0 Å². The van der Waals surface area contributed by atoms with Crippen LogP contribution in [-0.2, 0) is 6.42 Å². The van der Waals surface area contributed by atoms with Gasteiger partial charge in [0.1, 0.15) is 0 Å². The molecule has 0 aliphatic heterocycles. The lowest BCUT2D eigenvalue weighted by molar-refractivity contribution is 0.607. The van der Waals surface area contributed by atoms with Crippen molar-refractivity contribution in [2.24, 2.45) is 0 Å². The van der Waals surface area contributed by atoms with Crippen LogP contribution in [0.3, 0.4) is 0 Å². The number of hydrogen-bond acceptors (Lipinski definition) is 1. The Balaban J connectivity index is 0.000000885. The Kier molecular flexibility index (Phi) is 12.0. The lowest BCUT2D eigenvalue weighted by Gasteiger charge is -2.08. The van der Waals surface area contributed by atoms with Crippen LogP contribution in [0.2, 0.25) is 0 Å². The second kappa shape index (κ2) is 13.2. The van der Waals surface area contributed by atoms with Gasteiger partial charge in [-0.25, -0.2) is 0 Å². The third-order valence-electron chi connectivity index (χ3n) is 3.37. The molecule has 0 aliphatic rings. The average Bonchev–Trinajstić information content (AvgIpc) is 2.51. The van der Waals surface area contributed by atoms with E-state index in [2.05, 4.69) is 51.3 Å². The van der Waals surface area contributed by atoms with Crippen LogP contribution in [0.5, 0.6) is 0 Å². The van der Waals surface area contributed by atoms with Crippen molar-refractivity contribution < 1.29 is 0 Å². The van der Waals surface area contributed by atoms with E-state index >= 15 is 0 Å². The predicted molar refractivity (Wildman–Crippen MR) is 94.0 cm³/mol. The Morgan fingerprint density at radius 2 is 1.71 bits per heavy atom. The third-order valence-corrected chi connectivity index (χ3v) is 3.37. The summed E-state index contributed by atoms with van der Waals surface area (Å²) in [4.78, 5) is 0. The van der Waals surface area contributed by atoms with Gasteiger partial charge in [-0.3, -0.25) is 0 Å². The molecule has 0 saturated carbocycles. The highest BCUT2D eigenvalue weighted by Gasteiger charge is 2.01. The fourth-order valence-corrected chi connectivity index (χ4v) is 2.25. The Hall–Kier alpha value is -1.81. The maximum atomic E-state index is 7.51. The van der Waals surface area contributed by atoms with Gasteiger partial charge in [0.15, 0.2) is 0 Å². The lowest BCUT2D eigenvalue weighted by Crippen LogP contribution is -1.92. The molecule has 1 aromatic rings. The molecule has 0 aliphatic carbocycles. The molecule has 0 saturated heterocycles. The third kappa shape index (κ3) is 9.68. The molecule has 21 heavy (non-hydrogen) atoms. The topological polar surface area (TPSA) is 23.8 Å². The fourth-order valence-electron chi connectivity index (χ4n) is 2.25. The summed E-state index contributed by atoms with van der Waals surface area (Å²) in [6.45, 7) is 11.5. The maximum absolute atomic E-state index is 7.51. The summed E-state index contributed by atoms with van der Waals surface area (Å²) >= 11 is 0. The molecule has 0 atom stereocenters. The van der Waals surface area contributed by atoms with Crippen LogP contribution in [0.15, 0.2) is 43.5 Å². The van der Waals surface area contributed by atoms with Crippen molar-refractivity contribution in [1.29, 1.82) is 5.26 Å². The number of rotatable bonds is 8. The van der Waals surface area contributed by atoms with Crippen molar-refractivity contribution in [2.45, 2.75) is 58.8 Å². The van der Waals surface area contributed by atoms with Crippen LogP contribution in [0.4, 0.5) is 0 Å². The highest BCUT2D eigenvalue weighted by atomic mass is 14.2. The number of allylic oxidation sites excluding steroid dienone is 2. The van der Waals surface area contributed by atoms with Gasteiger partial charge in [-0.15, -0.1) is 0 Å². The van der Waals surface area contributed by atoms with E-state index in [9.17, 15) is 0 Å². The fraction of sp³-hybridized carbons (Fsp3) is 0.450. The highest BCUT2D eigenvalue weighted by Crippen LogP contribution is 2.19. The summed E-state index contributed by atoms with van der Waals surface area (Å²) in [6, 6.07) is 10.4. The Morgan fingerprint density at radius 3 is 2.29 bits per heavy atom. The van der Waals surface area contributed by atoms with Crippen molar-refractivity contribution >= 4 is 5.57 Å². The number of nitrogens with zero attached hydrogens (tertiary/aromatic N) is 1. The van der Waals surface area contributed by atoms with E-state index in [-0.39, 0.29) is 0 Å². The summed E-state index contributed by atoms with van der Waals surface area (Å²) < 4.78 is 0. The predicted octanol–water partition coefficient (Wildman–Crippen LogP) is 6.32. The molecular weight excluding hydrogens is 254 g/mol. The molecule has 0 spiro atoms. The zero-order chi connectivity index (χ0) is 15.9. The van der Waals surface area contributed by atoms with E-state index in [1.54, 1.807) is 6.07 Å². The van der Waals surface area contributed by atoms with Crippen molar-refractivity contribution in [2.75, 3.05) is 0 Å². The monoisotopic (exact) mass is 283 g/mol. The summed E-state index contributed by atoms with van der Waals surface area (Å²) in [5.41, 5.74) is 4.00. The Bertz CT molecular complexity index is 451. The minimum Gasteiger partial charge on any atom is -0.193 e. The molecule has 0 bridgehead atoms. The van der Waals surface area contributed by atoms with E-state index < -0.39 is 0 Å². The summed E-state index contributed by atoms with van der Waals surface area (Å²) in [6.07, 6.45) is 10.6. The van der Waals surface area contributed by atoms with Gasteiger partial charge in [0.2, 0.25) is 0 Å². The van der Waals surface area contributed by atoms with Gasteiger partial charge < -0.3 is 0 Å². The lowest BCUT2D eigenvalue weighted by atomic mass is 9.97. The summed E-state index contributed by atoms with van der Waals surface area (Å²) in [5.74, 6) is 0. The summed E-state index contributed by atoms with van der Waals surface area (Å²) in [7, 11) is 0. The second-order valence-corrected chi connectivity index (χ2v) is 5.29. The molecule has 0 heterocycles. The minimum atomic E-state index is 1.18. The molecule has 0 unspecified atom stereocenters. The van der Waals surface area contributed by atoms with E-state index in [1.165, 1.54) is 67.7 Å². The first-order valence-corrected chi connectivity index (χ1v) is 7.91. The van der Waals surface area contributed by atoms with Crippen molar-refractivity contribution in [3.8, 4) is 6.07 Å². The van der Waals surface area contributed by atoms with Crippen LogP contribution in [0.25, 0.3) is 5.57 Å². The van der Waals surface area contributed by atoms with E-state index in [4.69, 9.17) is 5.26 Å². The van der Waals surface area contributed by atoms with Gasteiger partial charge in [-0.05, 0) is 30.9 Å². The SMILES string of the molecule is C=C(C)c1ccccc1CCCCCCCC.C=CC#N. The number of nitriles is 1. The molecule has 0 fully saturated rings. The van der Waals surface area contributed by atoms with Crippen molar-refractivity contribution in [3.05, 3.63) is 54.6 Å². The molecule has 114 valence electrons. The Morgan fingerprint density at radius 1 is 1.14 bits per heavy atom. The Labute approximate surface area is 131 Å². The molecule has 1 heteroatoms. The second-order valence-electron chi connectivity index (χ2n) is 5.29. The van der Waals surface area contributed by atoms with Gasteiger partial charge >= 0.3 is 0 Å². The molecule has 0 aromatic heterocycles. The smallest absolute Gasteiger partial charge is 0.0905 e. The van der Waals surface area contributed by atoms with Gasteiger partial charge in [0.05, 0.1) is 6.07 Å². The number of benzene rings is 1. The quantitative estimate of drug-likeness (QED) is 0.404. The first kappa shape index (κ1) is 19.2. The summed E-state index contributed by atoms with van der Waals surface area (Å²) in [5, 5.41) is 7.51. The molecule has 0 amide bonds. The van der Waals surface area contributed by atoms with Gasteiger partial charge in [0, 0.05) is 6.08 Å². The van der Waals surface area contributed by atoms with Crippen LogP contribution in [0.1, 0.15) is 63.5 Å². The molecular formula is C20H29N. The highest BCUT2D eigenvalue weighted by molar-refractivity contribution is 5.64. The molecule has 0 radical (unpaired) electrons.